The van der Waals surface area contributed by atoms with Gasteiger partial charge in [0.1, 0.15) is 5.75 Å². The van der Waals surface area contributed by atoms with E-state index in [-0.39, 0.29) is 29.5 Å². The van der Waals surface area contributed by atoms with E-state index in [9.17, 15) is 4.79 Å². The zero-order chi connectivity index (χ0) is 20.5. The Bertz CT molecular complexity index is 1020. The molecule has 1 aromatic heterocycles. The highest BCUT2D eigenvalue weighted by atomic mass is 127. The molecule has 2 aromatic carbocycles. The number of aliphatic imine (C=N–C) groups is 1. The summed E-state index contributed by atoms with van der Waals surface area (Å²) in [6.07, 6.45) is 1.80. The van der Waals surface area contributed by atoms with Crippen molar-refractivity contribution in [2.24, 2.45) is 4.99 Å². The smallest absolute Gasteiger partial charge is 0.250 e. The van der Waals surface area contributed by atoms with Gasteiger partial charge < -0.3 is 19.9 Å². The molecule has 6 nitrogen and oxygen atoms in total. The van der Waals surface area contributed by atoms with Crippen LogP contribution < -0.4 is 20.9 Å². The number of hydrogen-bond acceptors (Lipinski definition) is 3. The van der Waals surface area contributed by atoms with E-state index in [0.29, 0.717) is 19.6 Å². The molecule has 1 heterocycles. The van der Waals surface area contributed by atoms with E-state index < -0.39 is 0 Å². The monoisotopic (exact) mass is 518 g/mol. The SMILES string of the molecule is CN=C(NCc1ccc(Cn2ccccc2=O)cc1)NCc1cccc(OC)c1.I. The van der Waals surface area contributed by atoms with Gasteiger partial charge in [0.05, 0.1) is 13.7 Å². The number of hydrogen-bond donors (Lipinski definition) is 2. The maximum absolute atomic E-state index is 11.8. The Kier molecular flexibility index (Phi) is 9.40. The fourth-order valence-electron chi connectivity index (χ4n) is 2.93. The van der Waals surface area contributed by atoms with Crippen LogP contribution in [0.25, 0.3) is 0 Å². The van der Waals surface area contributed by atoms with E-state index in [1.807, 2.05) is 42.5 Å². The van der Waals surface area contributed by atoms with Crippen LogP contribution in [0.2, 0.25) is 0 Å². The van der Waals surface area contributed by atoms with Crippen LogP contribution >= 0.6 is 24.0 Å². The summed E-state index contributed by atoms with van der Waals surface area (Å²) in [6.45, 7) is 1.88. The summed E-state index contributed by atoms with van der Waals surface area (Å²) in [5.74, 6) is 1.57. The zero-order valence-electron chi connectivity index (χ0n) is 17.2. The molecule has 0 amide bonds. The van der Waals surface area contributed by atoms with Crippen molar-refractivity contribution in [3.63, 3.8) is 0 Å². The van der Waals surface area contributed by atoms with Crippen LogP contribution in [0.5, 0.6) is 5.75 Å². The molecule has 2 N–H and O–H groups in total. The fraction of sp³-hybridized carbons (Fsp3) is 0.217. The Morgan fingerprint density at radius 2 is 1.63 bits per heavy atom. The van der Waals surface area contributed by atoms with Gasteiger partial charge in [0.25, 0.3) is 5.56 Å². The van der Waals surface area contributed by atoms with Crippen LogP contribution in [0.1, 0.15) is 16.7 Å². The number of pyridine rings is 1. The van der Waals surface area contributed by atoms with Gasteiger partial charge in [-0.15, -0.1) is 24.0 Å². The molecular weight excluding hydrogens is 491 g/mol. The van der Waals surface area contributed by atoms with E-state index in [4.69, 9.17) is 4.74 Å². The Labute approximate surface area is 194 Å². The quantitative estimate of drug-likeness (QED) is 0.286. The lowest BCUT2D eigenvalue weighted by atomic mass is 10.1. The minimum absolute atomic E-state index is 0. The Balaban J connectivity index is 0.00000320. The summed E-state index contributed by atoms with van der Waals surface area (Å²) in [5, 5.41) is 6.62. The summed E-state index contributed by atoms with van der Waals surface area (Å²) >= 11 is 0. The predicted molar refractivity (Wildman–Crippen MR) is 132 cm³/mol. The van der Waals surface area contributed by atoms with Crippen LogP contribution in [-0.2, 0) is 19.6 Å². The van der Waals surface area contributed by atoms with Gasteiger partial charge >= 0.3 is 0 Å². The number of benzene rings is 2. The average Bonchev–Trinajstić information content (AvgIpc) is 2.76. The largest absolute Gasteiger partial charge is 0.497 e. The topological polar surface area (TPSA) is 67.7 Å². The van der Waals surface area contributed by atoms with E-state index in [1.54, 1.807) is 37.1 Å². The molecule has 0 radical (unpaired) electrons. The van der Waals surface area contributed by atoms with E-state index >= 15 is 0 Å². The second-order valence-electron chi connectivity index (χ2n) is 6.61. The summed E-state index contributed by atoms with van der Waals surface area (Å²) in [6, 6.07) is 21.3. The fourth-order valence-corrected chi connectivity index (χ4v) is 2.93. The van der Waals surface area contributed by atoms with Gasteiger partial charge in [-0.3, -0.25) is 9.79 Å². The molecule has 0 aliphatic heterocycles. The summed E-state index contributed by atoms with van der Waals surface area (Å²) < 4.78 is 6.95. The van der Waals surface area contributed by atoms with Crippen molar-refractivity contribution in [1.82, 2.24) is 15.2 Å². The van der Waals surface area contributed by atoms with Crippen molar-refractivity contribution in [2.45, 2.75) is 19.6 Å². The molecule has 3 rings (SSSR count). The van der Waals surface area contributed by atoms with Crippen LogP contribution in [0, 0.1) is 0 Å². The van der Waals surface area contributed by atoms with Gasteiger partial charge in [-0.25, -0.2) is 0 Å². The number of methoxy groups -OCH3 is 1. The molecule has 0 fully saturated rings. The van der Waals surface area contributed by atoms with Gasteiger partial charge in [-0.05, 0) is 34.9 Å². The number of ether oxygens (including phenoxy) is 1. The molecule has 7 heteroatoms. The van der Waals surface area contributed by atoms with Crippen molar-refractivity contribution in [1.29, 1.82) is 0 Å². The van der Waals surface area contributed by atoms with Gasteiger partial charge in [-0.1, -0.05) is 42.5 Å². The van der Waals surface area contributed by atoms with Crippen molar-refractivity contribution in [2.75, 3.05) is 14.2 Å². The van der Waals surface area contributed by atoms with Crippen LogP contribution in [0.15, 0.2) is 82.7 Å². The number of guanidine groups is 1. The minimum Gasteiger partial charge on any atom is -0.497 e. The van der Waals surface area contributed by atoms with Crippen molar-refractivity contribution >= 4 is 29.9 Å². The third-order valence-electron chi connectivity index (χ3n) is 4.55. The first-order valence-electron chi connectivity index (χ1n) is 9.48. The lowest BCUT2D eigenvalue weighted by molar-refractivity contribution is 0.414. The molecule has 0 atom stereocenters. The van der Waals surface area contributed by atoms with Crippen LogP contribution in [-0.4, -0.2) is 24.7 Å². The summed E-state index contributed by atoms with van der Waals surface area (Å²) in [7, 11) is 3.41. The predicted octanol–water partition coefficient (Wildman–Crippen LogP) is 3.39. The minimum atomic E-state index is 0. The zero-order valence-corrected chi connectivity index (χ0v) is 19.5. The van der Waals surface area contributed by atoms with Gasteiger partial charge in [0.15, 0.2) is 5.96 Å². The molecular formula is C23H27IN4O2. The van der Waals surface area contributed by atoms with E-state index in [0.717, 1.165) is 28.4 Å². The highest BCUT2D eigenvalue weighted by Gasteiger charge is 2.02. The van der Waals surface area contributed by atoms with Gasteiger partial charge in [0.2, 0.25) is 0 Å². The first-order valence-corrected chi connectivity index (χ1v) is 9.48. The van der Waals surface area contributed by atoms with Crippen molar-refractivity contribution in [3.8, 4) is 5.75 Å². The van der Waals surface area contributed by atoms with Gasteiger partial charge in [-0.2, -0.15) is 0 Å². The second-order valence-corrected chi connectivity index (χ2v) is 6.61. The maximum Gasteiger partial charge on any atom is 0.250 e. The number of rotatable bonds is 7. The van der Waals surface area contributed by atoms with Crippen LogP contribution in [0.3, 0.4) is 0 Å². The molecule has 158 valence electrons. The Morgan fingerprint density at radius 1 is 0.933 bits per heavy atom. The first kappa shape index (κ1) is 23.5. The summed E-state index contributed by atoms with van der Waals surface area (Å²) in [5.41, 5.74) is 3.35. The molecule has 0 aliphatic rings. The third-order valence-corrected chi connectivity index (χ3v) is 4.55. The van der Waals surface area contributed by atoms with Crippen molar-refractivity contribution in [3.05, 3.63) is 100.0 Å². The summed E-state index contributed by atoms with van der Waals surface area (Å²) in [4.78, 5) is 16.1. The number of halogens is 1. The number of nitrogens with one attached hydrogen (secondary N) is 2. The lowest BCUT2D eigenvalue weighted by Gasteiger charge is -2.13. The number of nitrogens with zero attached hydrogens (tertiary/aromatic N) is 2. The molecule has 0 saturated heterocycles. The van der Waals surface area contributed by atoms with E-state index in [2.05, 4.69) is 27.8 Å². The third kappa shape index (κ3) is 6.91. The molecule has 30 heavy (non-hydrogen) atoms. The molecule has 0 bridgehead atoms. The van der Waals surface area contributed by atoms with Crippen LogP contribution in [0.4, 0.5) is 0 Å². The molecule has 0 unspecified atom stereocenters. The lowest BCUT2D eigenvalue weighted by Crippen LogP contribution is -2.36. The standard InChI is InChI=1S/C23H26N4O2.HI/c1-24-23(26-16-20-6-5-7-21(14-20)29-2)25-15-18-9-11-19(12-10-18)17-27-13-4-3-8-22(27)28;/h3-14H,15-17H2,1-2H3,(H2,24,25,26);1H. The highest BCUT2D eigenvalue weighted by Crippen LogP contribution is 2.12. The van der Waals surface area contributed by atoms with Crippen molar-refractivity contribution < 1.29 is 4.74 Å². The molecule has 0 saturated carbocycles. The highest BCUT2D eigenvalue weighted by molar-refractivity contribution is 14.0. The molecule has 0 aliphatic carbocycles. The first-order chi connectivity index (χ1) is 14.2. The Hall–Kier alpha value is -2.81. The van der Waals surface area contributed by atoms with E-state index in [1.165, 1.54) is 0 Å². The Morgan fingerprint density at radius 3 is 2.30 bits per heavy atom. The normalized spacial score (nSPS) is 10.8. The number of aromatic nitrogens is 1. The maximum atomic E-state index is 11.8. The molecule has 3 aromatic rings. The van der Waals surface area contributed by atoms with Gasteiger partial charge in [0, 0.05) is 32.4 Å². The second kappa shape index (κ2) is 12.0. The average molecular weight is 518 g/mol. The molecule has 0 spiro atoms.